The maximum Gasteiger partial charge on any atom is 0.154 e. The molecule has 0 atom stereocenters. The quantitative estimate of drug-likeness (QED) is 0.554. The van der Waals surface area contributed by atoms with Crippen molar-refractivity contribution in [1.82, 2.24) is 9.97 Å². The number of fused-ring (bicyclic) bond motifs is 1. The lowest BCUT2D eigenvalue weighted by Crippen LogP contribution is -2.23. The van der Waals surface area contributed by atoms with Crippen molar-refractivity contribution in [2.24, 2.45) is 0 Å². The number of benzene rings is 2. The molecule has 3 rings (SSSR count). The van der Waals surface area contributed by atoms with Gasteiger partial charge in [0.2, 0.25) is 0 Å². The van der Waals surface area contributed by atoms with Crippen LogP contribution in [0.25, 0.3) is 23.1 Å². The Morgan fingerprint density at radius 2 is 1.72 bits per heavy atom. The van der Waals surface area contributed by atoms with Gasteiger partial charge in [0.15, 0.2) is 5.82 Å². The third-order valence-corrected chi connectivity index (χ3v) is 4.62. The molecule has 0 N–H and O–H groups in total. The van der Waals surface area contributed by atoms with Gasteiger partial charge in [-0.15, -0.1) is 0 Å². The minimum Gasteiger partial charge on any atom is -0.357 e. The fraction of sp³-hybridized carbons (Fsp3) is 0.200. The summed E-state index contributed by atoms with van der Waals surface area (Å²) in [5, 5.41) is 2.37. The predicted octanol–water partition coefficient (Wildman–Crippen LogP) is 5.95. The van der Waals surface area contributed by atoms with Gasteiger partial charge < -0.3 is 4.90 Å². The maximum atomic E-state index is 6.22. The number of hydrogen-bond acceptors (Lipinski definition) is 3. The molecule has 0 unspecified atom stereocenters. The summed E-state index contributed by atoms with van der Waals surface area (Å²) in [4.78, 5) is 11.6. The minimum atomic E-state index is 0.636. The maximum absolute atomic E-state index is 6.22. The van der Waals surface area contributed by atoms with E-state index in [0.717, 1.165) is 35.4 Å². The Morgan fingerprint density at radius 1 is 0.960 bits per heavy atom. The van der Waals surface area contributed by atoms with Crippen molar-refractivity contribution in [3.8, 4) is 0 Å². The number of aromatic nitrogens is 2. The molecule has 1 heterocycles. The Labute approximate surface area is 157 Å². The van der Waals surface area contributed by atoms with Crippen molar-refractivity contribution < 1.29 is 0 Å². The van der Waals surface area contributed by atoms with E-state index in [2.05, 4.69) is 23.7 Å². The fourth-order valence-electron chi connectivity index (χ4n) is 2.72. The molecule has 3 nitrogen and oxygen atoms in total. The van der Waals surface area contributed by atoms with E-state index in [1.807, 2.05) is 54.6 Å². The van der Waals surface area contributed by atoms with Gasteiger partial charge in [0.05, 0.1) is 5.52 Å². The van der Waals surface area contributed by atoms with Crippen LogP contribution < -0.4 is 4.90 Å². The van der Waals surface area contributed by atoms with Gasteiger partial charge in [0, 0.05) is 28.5 Å². The summed E-state index contributed by atoms with van der Waals surface area (Å²) < 4.78 is 0. The molecule has 0 spiro atoms. The zero-order valence-electron chi connectivity index (χ0n) is 14.2. The van der Waals surface area contributed by atoms with Crippen molar-refractivity contribution in [2.45, 2.75) is 13.8 Å². The van der Waals surface area contributed by atoms with Gasteiger partial charge in [0.1, 0.15) is 5.82 Å². The normalized spacial score (nSPS) is 11.4. The van der Waals surface area contributed by atoms with Gasteiger partial charge in [-0.1, -0.05) is 41.4 Å². The van der Waals surface area contributed by atoms with Crippen LogP contribution in [0.3, 0.4) is 0 Å². The molecule has 0 saturated carbocycles. The molecular formula is C20H19Cl2N3. The fourth-order valence-corrected chi connectivity index (χ4v) is 3.08. The van der Waals surface area contributed by atoms with Crippen molar-refractivity contribution >= 4 is 52.1 Å². The first kappa shape index (κ1) is 17.7. The molecule has 1 aromatic heterocycles. The third-order valence-electron chi connectivity index (χ3n) is 4.04. The van der Waals surface area contributed by atoms with E-state index in [9.17, 15) is 0 Å². The molecule has 5 heteroatoms. The summed E-state index contributed by atoms with van der Waals surface area (Å²) in [6.45, 7) is 5.98. The summed E-state index contributed by atoms with van der Waals surface area (Å²) in [5.41, 5.74) is 1.77. The van der Waals surface area contributed by atoms with Crippen molar-refractivity contribution in [3.63, 3.8) is 0 Å². The summed E-state index contributed by atoms with van der Waals surface area (Å²) >= 11 is 12.4. The van der Waals surface area contributed by atoms with Gasteiger partial charge in [-0.05, 0) is 55.8 Å². The Hall–Kier alpha value is -2.10. The van der Waals surface area contributed by atoms with E-state index < -0.39 is 0 Å². The van der Waals surface area contributed by atoms with E-state index in [4.69, 9.17) is 28.2 Å². The SMILES string of the molecule is CCN(CC)c1nc(/C=C/c2ccccc2Cl)nc2cc(Cl)ccc12. The van der Waals surface area contributed by atoms with Crippen LogP contribution in [0, 0.1) is 0 Å². The number of halogens is 2. The molecule has 0 aliphatic carbocycles. The summed E-state index contributed by atoms with van der Waals surface area (Å²) in [6, 6.07) is 13.4. The molecule has 3 aromatic rings. The highest BCUT2D eigenvalue weighted by Gasteiger charge is 2.12. The zero-order valence-corrected chi connectivity index (χ0v) is 15.7. The first-order valence-electron chi connectivity index (χ1n) is 8.27. The van der Waals surface area contributed by atoms with Gasteiger partial charge in [-0.2, -0.15) is 0 Å². The van der Waals surface area contributed by atoms with Gasteiger partial charge in [-0.25, -0.2) is 9.97 Å². The Kier molecular flexibility index (Phi) is 5.57. The van der Waals surface area contributed by atoms with Gasteiger partial charge in [0.25, 0.3) is 0 Å². The molecule has 0 radical (unpaired) electrons. The number of rotatable bonds is 5. The van der Waals surface area contributed by atoms with Crippen molar-refractivity contribution in [2.75, 3.05) is 18.0 Å². The highest BCUT2D eigenvalue weighted by Crippen LogP contribution is 2.27. The van der Waals surface area contributed by atoms with E-state index >= 15 is 0 Å². The Balaban J connectivity index is 2.10. The first-order chi connectivity index (χ1) is 12.1. The molecule has 0 bridgehead atoms. The predicted molar refractivity (Wildman–Crippen MR) is 108 cm³/mol. The average Bonchev–Trinajstić information content (AvgIpc) is 2.61. The van der Waals surface area contributed by atoms with Crippen LogP contribution in [0.5, 0.6) is 0 Å². The summed E-state index contributed by atoms with van der Waals surface area (Å²) in [7, 11) is 0. The van der Waals surface area contributed by atoms with Crippen LogP contribution in [0.1, 0.15) is 25.2 Å². The van der Waals surface area contributed by atoms with Gasteiger partial charge >= 0.3 is 0 Å². The zero-order chi connectivity index (χ0) is 17.8. The Bertz CT molecular complexity index is 918. The van der Waals surface area contributed by atoms with Crippen LogP contribution >= 0.6 is 23.2 Å². The van der Waals surface area contributed by atoms with Crippen molar-refractivity contribution in [1.29, 1.82) is 0 Å². The standard InChI is InChI=1S/C20H19Cl2N3/c1-3-25(4-2)20-16-11-10-15(21)13-18(16)23-19(24-20)12-9-14-7-5-6-8-17(14)22/h5-13H,3-4H2,1-2H3/b12-9+. The van der Waals surface area contributed by atoms with E-state index in [1.54, 1.807) is 0 Å². The second-order valence-corrected chi connectivity index (χ2v) is 6.44. The molecule has 0 aliphatic heterocycles. The summed E-state index contributed by atoms with van der Waals surface area (Å²) in [6.07, 6.45) is 3.81. The molecule has 2 aromatic carbocycles. The second-order valence-electron chi connectivity index (χ2n) is 5.59. The average molecular weight is 372 g/mol. The van der Waals surface area contributed by atoms with E-state index in [-0.39, 0.29) is 0 Å². The highest BCUT2D eigenvalue weighted by atomic mass is 35.5. The van der Waals surface area contributed by atoms with Crippen LogP contribution in [0.2, 0.25) is 10.0 Å². The molecule has 0 fully saturated rings. The van der Waals surface area contributed by atoms with Crippen LogP contribution in [-0.2, 0) is 0 Å². The first-order valence-corrected chi connectivity index (χ1v) is 9.02. The molecule has 25 heavy (non-hydrogen) atoms. The molecule has 128 valence electrons. The van der Waals surface area contributed by atoms with Crippen LogP contribution in [0.15, 0.2) is 42.5 Å². The lowest BCUT2D eigenvalue weighted by molar-refractivity contribution is 0.847. The number of hydrogen-bond donors (Lipinski definition) is 0. The molecule has 0 amide bonds. The van der Waals surface area contributed by atoms with Crippen LogP contribution in [-0.4, -0.2) is 23.1 Å². The highest BCUT2D eigenvalue weighted by molar-refractivity contribution is 6.32. The minimum absolute atomic E-state index is 0.636. The number of nitrogens with zero attached hydrogens (tertiary/aromatic N) is 3. The molecule has 0 aliphatic rings. The van der Waals surface area contributed by atoms with Gasteiger partial charge in [-0.3, -0.25) is 0 Å². The van der Waals surface area contributed by atoms with E-state index in [0.29, 0.717) is 15.9 Å². The molecule has 0 saturated heterocycles. The molecular weight excluding hydrogens is 353 g/mol. The monoisotopic (exact) mass is 371 g/mol. The smallest absolute Gasteiger partial charge is 0.154 e. The topological polar surface area (TPSA) is 29.0 Å². The summed E-state index contributed by atoms with van der Waals surface area (Å²) in [5.74, 6) is 1.56. The lowest BCUT2D eigenvalue weighted by atomic mass is 10.2. The Morgan fingerprint density at radius 3 is 2.44 bits per heavy atom. The number of anilines is 1. The van der Waals surface area contributed by atoms with Crippen LogP contribution in [0.4, 0.5) is 5.82 Å². The van der Waals surface area contributed by atoms with Crippen molar-refractivity contribution in [3.05, 3.63) is 63.9 Å². The largest absolute Gasteiger partial charge is 0.357 e. The lowest BCUT2D eigenvalue weighted by Gasteiger charge is -2.21. The third kappa shape index (κ3) is 3.94. The second kappa shape index (κ2) is 7.85. The van der Waals surface area contributed by atoms with E-state index in [1.165, 1.54) is 0 Å².